The summed E-state index contributed by atoms with van der Waals surface area (Å²) in [6.45, 7) is 7.14. The van der Waals surface area contributed by atoms with Gasteiger partial charge in [-0.1, -0.05) is 0 Å². The van der Waals surface area contributed by atoms with E-state index in [1.807, 2.05) is 0 Å². The van der Waals surface area contributed by atoms with Gasteiger partial charge in [0.15, 0.2) is 0 Å². The van der Waals surface area contributed by atoms with Crippen molar-refractivity contribution < 1.29 is 4.74 Å². The molecule has 0 saturated carbocycles. The SMILES string of the molecule is CC(CN1CCCC1)NC1CCOC2(CCSC2)C1. The summed E-state index contributed by atoms with van der Waals surface area (Å²) >= 11 is 2.07. The fourth-order valence-corrected chi connectivity index (χ4v) is 5.22. The predicted octanol–water partition coefficient (Wildman–Crippen LogP) is 2.12. The van der Waals surface area contributed by atoms with Gasteiger partial charge in [0, 0.05) is 31.0 Å². The normalized spacial score (nSPS) is 38.1. The van der Waals surface area contributed by atoms with E-state index in [9.17, 15) is 0 Å². The Labute approximate surface area is 121 Å². The Kier molecular flexibility index (Phi) is 4.73. The number of nitrogens with one attached hydrogen (secondary N) is 1. The Morgan fingerprint density at radius 3 is 3.00 bits per heavy atom. The van der Waals surface area contributed by atoms with Crippen molar-refractivity contribution >= 4 is 11.8 Å². The van der Waals surface area contributed by atoms with Gasteiger partial charge < -0.3 is 15.0 Å². The number of thioether (sulfide) groups is 1. The van der Waals surface area contributed by atoms with Crippen LogP contribution >= 0.6 is 11.8 Å². The lowest BCUT2D eigenvalue weighted by Crippen LogP contribution is -2.51. The minimum atomic E-state index is 0.216. The average molecular weight is 284 g/mol. The van der Waals surface area contributed by atoms with Crippen LogP contribution in [0.5, 0.6) is 0 Å². The molecular weight excluding hydrogens is 256 g/mol. The third-order valence-corrected chi connectivity index (χ3v) is 6.03. The minimum absolute atomic E-state index is 0.216. The summed E-state index contributed by atoms with van der Waals surface area (Å²) < 4.78 is 6.10. The monoisotopic (exact) mass is 284 g/mol. The molecule has 3 aliphatic heterocycles. The Bertz CT molecular complexity index is 288. The Morgan fingerprint density at radius 2 is 2.26 bits per heavy atom. The number of rotatable bonds is 4. The van der Waals surface area contributed by atoms with Crippen LogP contribution in [0.3, 0.4) is 0 Å². The highest BCUT2D eigenvalue weighted by Crippen LogP contribution is 2.38. The van der Waals surface area contributed by atoms with Gasteiger partial charge in [0.25, 0.3) is 0 Å². The van der Waals surface area contributed by atoms with Gasteiger partial charge in [0.1, 0.15) is 0 Å². The maximum Gasteiger partial charge on any atom is 0.0795 e. The molecule has 3 unspecified atom stereocenters. The van der Waals surface area contributed by atoms with Crippen LogP contribution < -0.4 is 5.32 Å². The first-order chi connectivity index (χ1) is 9.26. The zero-order valence-corrected chi connectivity index (χ0v) is 13.0. The number of hydrogen-bond acceptors (Lipinski definition) is 4. The summed E-state index contributed by atoms with van der Waals surface area (Å²) in [6, 6.07) is 1.29. The minimum Gasteiger partial charge on any atom is -0.374 e. The second kappa shape index (κ2) is 6.33. The second-order valence-corrected chi connectivity index (χ2v) is 7.70. The zero-order valence-electron chi connectivity index (χ0n) is 12.2. The van der Waals surface area contributed by atoms with Gasteiger partial charge in [0.2, 0.25) is 0 Å². The first-order valence-corrected chi connectivity index (χ1v) is 9.11. The van der Waals surface area contributed by atoms with Gasteiger partial charge in [-0.3, -0.25) is 0 Å². The van der Waals surface area contributed by atoms with E-state index < -0.39 is 0 Å². The molecule has 3 atom stereocenters. The lowest BCUT2D eigenvalue weighted by atomic mass is 9.89. The van der Waals surface area contributed by atoms with E-state index in [4.69, 9.17) is 4.74 Å². The molecule has 0 bridgehead atoms. The van der Waals surface area contributed by atoms with E-state index in [2.05, 4.69) is 28.9 Å². The van der Waals surface area contributed by atoms with E-state index in [-0.39, 0.29) is 5.60 Å². The largest absolute Gasteiger partial charge is 0.374 e. The van der Waals surface area contributed by atoms with Crippen molar-refractivity contribution in [1.82, 2.24) is 10.2 Å². The van der Waals surface area contributed by atoms with Crippen LogP contribution in [-0.4, -0.2) is 60.3 Å². The third kappa shape index (κ3) is 3.66. The molecule has 1 spiro atoms. The van der Waals surface area contributed by atoms with Crippen LogP contribution in [0.2, 0.25) is 0 Å². The fourth-order valence-electron chi connectivity index (χ4n) is 3.84. The van der Waals surface area contributed by atoms with Crippen LogP contribution in [0.1, 0.15) is 39.0 Å². The highest BCUT2D eigenvalue weighted by molar-refractivity contribution is 7.99. The molecule has 4 heteroatoms. The zero-order chi connectivity index (χ0) is 13.1. The lowest BCUT2D eigenvalue weighted by Gasteiger charge is -2.39. The lowest BCUT2D eigenvalue weighted by molar-refractivity contribution is -0.0713. The van der Waals surface area contributed by atoms with Crippen LogP contribution in [-0.2, 0) is 4.74 Å². The highest BCUT2D eigenvalue weighted by Gasteiger charge is 2.40. The highest BCUT2D eigenvalue weighted by atomic mass is 32.2. The van der Waals surface area contributed by atoms with Crippen LogP contribution in [0, 0.1) is 0 Å². The molecule has 19 heavy (non-hydrogen) atoms. The Hall–Kier alpha value is 0.230. The summed E-state index contributed by atoms with van der Waals surface area (Å²) in [5.74, 6) is 2.50. The Morgan fingerprint density at radius 1 is 1.42 bits per heavy atom. The maximum absolute atomic E-state index is 6.10. The molecule has 0 aliphatic carbocycles. The molecule has 1 N–H and O–H groups in total. The summed E-state index contributed by atoms with van der Waals surface area (Å²) in [4.78, 5) is 2.61. The van der Waals surface area contributed by atoms with Gasteiger partial charge >= 0.3 is 0 Å². The molecule has 110 valence electrons. The molecular formula is C15H28N2OS. The van der Waals surface area contributed by atoms with Crippen LogP contribution in [0.25, 0.3) is 0 Å². The molecule has 0 aromatic rings. The molecule has 3 rings (SSSR count). The fraction of sp³-hybridized carbons (Fsp3) is 1.00. The van der Waals surface area contributed by atoms with Crippen molar-refractivity contribution in [3.8, 4) is 0 Å². The number of ether oxygens (including phenoxy) is 1. The molecule has 3 heterocycles. The van der Waals surface area contributed by atoms with Gasteiger partial charge in [0.05, 0.1) is 5.60 Å². The summed E-state index contributed by atoms with van der Waals surface area (Å²) in [5, 5.41) is 3.87. The molecule has 0 aromatic heterocycles. The van der Waals surface area contributed by atoms with E-state index in [1.165, 1.54) is 63.2 Å². The van der Waals surface area contributed by atoms with Crippen molar-refractivity contribution in [2.45, 2.75) is 56.7 Å². The van der Waals surface area contributed by atoms with E-state index in [1.54, 1.807) is 0 Å². The van der Waals surface area contributed by atoms with Gasteiger partial charge in [-0.05, 0) is 57.9 Å². The average Bonchev–Trinajstić information content (AvgIpc) is 3.02. The molecule has 0 aromatic carbocycles. The van der Waals surface area contributed by atoms with Crippen molar-refractivity contribution in [3.63, 3.8) is 0 Å². The second-order valence-electron chi connectivity index (χ2n) is 6.60. The number of likely N-dealkylation sites (tertiary alicyclic amines) is 1. The standard InChI is InChI=1S/C15H28N2OS/c1-13(11-17-6-2-3-7-17)16-14-4-8-18-15(10-14)5-9-19-12-15/h13-14,16H,2-12H2,1H3. The predicted molar refractivity (Wildman–Crippen MR) is 81.9 cm³/mol. The maximum atomic E-state index is 6.10. The summed E-state index contributed by atoms with van der Waals surface area (Å²) in [7, 11) is 0. The quantitative estimate of drug-likeness (QED) is 0.854. The molecule has 0 amide bonds. The van der Waals surface area contributed by atoms with Gasteiger partial charge in [-0.15, -0.1) is 0 Å². The van der Waals surface area contributed by atoms with Gasteiger partial charge in [-0.25, -0.2) is 0 Å². The van der Waals surface area contributed by atoms with E-state index in [0.29, 0.717) is 12.1 Å². The van der Waals surface area contributed by atoms with Crippen LogP contribution in [0.15, 0.2) is 0 Å². The van der Waals surface area contributed by atoms with Crippen molar-refractivity contribution in [3.05, 3.63) is 0 Å². The molecule has 3 nitrogen and oxygen atoms in total. The number of nitrogens with zero attached hydrogens (tertiary/aromatic N) is 1. The van der Waals surface area contributed by atoms with Crippen LogP contribution in [0.4, 0.5) is 0 Å². The molecule has 3 aliphatic rings. The topological polar surface area (TPSA) is 24.5 Å². The first-order valence-electron chi connectivity index (χ1n) is 7.96. The van der Waals surface area contributed by atoms with E-state index in [0.717, 1.165) is 6.61 Å². The molecule has 3 fully saturated rings. The Balaban J connectivity index is 1.45. The van der Waals surface area contributed by atoms with Crippen molar-refractivity contribution in [2.75, 3.05) is 37.7 Å². The first kappa shape index (κ1) is 14.2. The van der Waals surface area contributed by atoms with E-state index >= 15 is 0 Å². The number of hydrogen-bond donors (Lipinski definition) is 1. The smallest absolute Gasteiger partial charge is 0.0795 e. The third-order valence-electron chi connectivity index (χ3n) is 4.81. The molecule has 0 radical (unpaired) electrons. The van der Waals surface area contributed by atoms with Crippen molar-refractivity contribution in [2.24, 2.45) is 0 Å². The van der Waals surface area contributed by atoms with Gasteiger partial charge in [-0.2, -0.15) is 11.8 Å². The van der Waals surface area contributed by atoms with Crippen molar-refractivity contribution in [1.29, 1.82) is 0 Å². The summed E-state index contributed by atoms with van der Waals surface area (Å²) in [6.07, 6.45) is 6.46. The molecule has 3 saturated heterocycles. The summed E-state index contributed by atoms with van der Waals surface area (Å²) in [5.41, 5.74) is 0.216.